The summed E-state index contributed by atoms with van der Waals surface area (Å²) in [6.45, 7) is 4.70. The number of ether oxygens (including phenoxy) is 2. The Morgan fingerprint density at radius 3 is 2.67 bits per heavy atom. The molecule has 0 saturated carbocycles. The quantitative estimate of drug-likeness (QED) is 0.549. The molecule has 0 aliphatic carbocycles. The van der Waals surface area contributed by atoms with Crippen LogP contribution in [0, 0.1) is 6.92 Å². The summed E-state index contributed by atoms with van der Waals surface area (Å²) in [7, 11) is 1.39. The van der Waals surface area contributed by atoms with E-state index in [1.807, 2.05) is 26.0 Å². The van der Waals surface area contributed by atoms with Crippen molar-refractivity contribution in [2.45, 2.75) is 19.4 Å². The Hall–Kier alpha value is -1.35. The lowest BCUT2D eigenvalue weighted by Gasteiger charge is -2.09. The van der Waals surface area contributed by atoms with E-state index in [1.54, 1.807) is 6.07 Å². The second-order valence-electron chi connectivity index (χ2n) is 4.04. The fraction of sp³-hybridized carbons (Fsp3) is 0.417. The third-order valence-electron chi connectivity index (χ3n) is 2.82. The molecule has 1 saturated heterocycles. The molecule has 3 nitrogen and oxygen atoms in total. The van der Waals surface area contributed by atoms with Crippen molar-refractivity contribution >= 4 is 5.97 Å². The minimum atomic E-state index is -0.291. The molecule has 1 aromatic carbocycles. The van der Waals surface area contributed by atoms with Gasteiger partial charge in [0.05, 0.1) is 19.3 Å². The number of rotatable bonds is 2. The Balaban J connectivity index is 2.35. The van der Waals surface area contributed by atoms with Gasteiger partial charge < -0.3 is 9.47 Å². The van der Waals surface area contributed by atoms with Crippen LogP contribution < -0.4 is 0 Å². The van der Waals surface area contributed by atoms with Gasteiger partial charge in [-0.3, -0.25) is 0 Å². The molecular weight excluding hydrogens is 192 g/mol. The van der Waals surface area contributed by atoms with Gasteiger partial charge in [0.15, 0.2) is 0 Å². The fourth-order valence-electron chi connectivity index (χ4n) is 1.61. The van der Waals surface area contributed by atoms with Gasteiger partial charge in [-0.25, -0.2) is 4.79 Å². The van der Waals surface area contributed by atoms with Crippen molar-refractivity contribution in [3.05, 3.63) is 34.9 Å². The first-order valence-corrected chi connectivity index (χ1v) is 4.90. The lowest BCUT2D eigenvalue weighted by molar-refractivity contribution is 0.0600. The molecule has 0 amide bonds. The maximum Gasteiger partial charge on any atom is 0.338 e. The zero-order chi connectivity index (χ0) is 11.1. The van der Waals surface area contributed by atoms with Gasteiger partial charge in [-0.1, -0.05) is 12.1 Å². The molecule has 1 heterocycles. The van der Waals surface area contributed by atoms with Gasteiger partial charge in [-0.05, 0) is 31.0 Å². The Labute approximate surface area is 89.0 Å². The molecule has 0 radical (unpaired) electrons. The first-order valence-electron chi connectivity index (χ1n) is 4.90. The summed E-state index contributed by atoms with van der Waals surface area (Å²) >= 11 is 0. The third kappa shape index (κ3) is 1.75. The molecule has 1 unspecified atom stereocenters. The minimum Gasteiger partial charge on any atom is -0.465 e. The van der Waals surface area contributed by atoms with Crippen LogP contribution in [0.1, 0.15) is 28.4 Å². The fourth-order valence-corrected chi connectivity index (χ4v) is 1.61. The number of carbonyl (C=O) groups is 1. The van der Waals surface area contributed by atoms with Crippen molar-refractivity contribution in [1.29, 1.82) is 0 Å². The summed E-state index contributed by atoms with van der Waals surface area (Å²) < 4.78 is 10.0. The third-order valence-corrected chi connectivity index (χ3v) is 2.82. The molecule has 1 aromatic rings. The second-order valence-corrected chi connectivity index (χ2v) is 4.04. The van der Waals surface area contributed by atoms with E-state index in [1.165, 1.54) is 7.11 Å². The predicted octanol–water partition coefficient (Wildman–Crippen LogP) is 2.03. The average molecular weight is 206 g/mol. The molecule has 1 fully saturated rings. The number of hydrogen-bond acceptors (Lipinski definition) is 3. The number of hydrogen-bond donors (Lipinski definition) is 0. The monoisotopic (exact) mass is 206 g/mol. The van der Waals surface area contributed by atoms with E-state index in [4.69, 9.17) is 4.74 Å². The normalized spacial score (nSPS) is 23.7. The molecule has 80 valence electrons. The van der Waals surface area contributed by atoms with Crippen molar-refractivity contribution in [1.82, 2.24) is 0 Å². The summed E-state index contributed by atoms with van der Waals surface area (Å²) in [5.74, 6) is -0.291. The van der Waals surface area contributed by atoms with Crippen LogP contribution in [0.5, 0.6) is 0 Å². The van der Waals surface area contributed by atoms with Crippen LogP contribution in [-0.2, 0) is 15.1 Å². The maximum absolute atomic E-state index is 11.4. The average Bonchev–Trinajstić information content (AvgIpc) is 2.96. The van der Waals surface area contributed by atoms with Crippen molar-refractivity contribution in [2.75, 3.05) is 13.7 Å². The van der Waals surface area contributed by atoms with Gasteiger partial charge in [0.2, 0.25) is 0 Å². The Morgan fingerprint density at radius 2 is 2.20 bits per heavy atom. The topological polar surface area (TPSA) is 38.8 Å². The van der Waals surface area contributed by atoms with E-state index in [0.29, 0.717) is 5.56 Å². The number of carbonyl (C=O) groups excluding carboxylic acids is 1. The Bertz CT molecular complexity index is 405. The van der Waals surface area contributed by atoms with Crippen LogP contribution in [0.2, 0.25) is 0 Å². The standard InChI is InChI=1S/C12H14O3/c1-8-6-9(12(2)7-15-12)4-5-10(8)11(13)14-3/h4-6H,7H2,1-3H3. The SMILES string of the molecule is COC(=O)c1ccc(C2(C)CO2)cc1C. The number of methoxy groups -OCH3 is 1. The van der Waals surface area contributed by atoms with Gasteiger partial charge in [0.25, 0.3) is 0 Å². The number of benzene rings is 1. The highest BCUT2D eigenvalue weighted by Gasteiger charge is 2.41. The van der Waals surface area contributed by atoms with Gasteiger partial charge in [-0.15, -0.1) is 0 Å². The lowest BCUT2D eigenvalue weighted by Crippen LogP contribution is -2.07. The van der Waals surface area contributed by atoms with Gasteiger partial charge >= 0.3 is 5.97 Å². The van der Waals surface area contributed by atoms with Crippen molar-refractivity contribution in [2.24, 2.45) is 0 Å². The first-order chi connectivity index (χ1) is 7.07. The smallest absolute Gasteiger partial charge is 0.338 e. The number of esters is 1. The number of aryl methyl sites for hydroxylation is 1. The van der Waals surface area contributed by atoms with Crippen LogP contribution in [0.3, 0.4) is 0 Å². The van der Waals surface area contributed by atoms with Crippen LogP contribution in [0.25, 0.3) is 0 Å². The molecule has 0 aromatic heterocycles. The van der Waals surface area contributed by atoms with Gasteiger partial charge in [-0.2, -0.15) is 0 Å². The predicted molar refractivity (Wildman–Crippen MR) is 55.8 cm³/mol. The van der Waals surface area contributed by atoms with E-state index >= 15 is 0 Å². The van der Waals surface area contributed by atoms with Crippen LogP contribution in [0.15, 0.2) is 18.2 Å². The van der Waals surface area contributed by atoms with E-state index in [-0.39, 0.29) is 11.6 Å². The van der Waals surface area contributed by atoms with Crippen LogP contribution in [0.4, 0.5) is 0 Å². The summed E-state index contributed by atoms with van der Waals surface area (Å²) in [4.78, 5) is 11.4. The maximum atomic E-state index is 11.4. The molecule has 2 rings (SSSR count). The molecule has 0 spiro atoms. The summed E-state index contributed by atoms with van der Waals surface area (Å²) in [5.41, 5.74) is 2.52. The lowest BCUT2D eigenvalue weighted by atomic mass is 9.97. The van der Waals surface area contributed by atoms with E-state index < -0.39 is 0 Å². The van der Waals surface area contributed by atoms with Crippen LogP contribution in [-0.4, -0.2) is 19.7 Å². The Kier molecular flexibility index (Phi) is 2.27. The van der Waals surface area contributed by atoms with Crippen molar-refractivity contribution in [3.63, 3.8) is 0 Å². The molecular formula is C12H14O3. The van der Waals surface area contributed by atoms with E-state index in [0.717, 1.165) is 17.7 Å². The Morgan fingerprint density at radius 1 is 1.53 bits per heavy atom. The van der Waals surface area contributed by atoms with E-state index in [2.05, 4.69) is 4.74 Å². The molecule has 1 aliphatic rings. The molecule has 0 bridgehead atoms. The zero-order valence-electron chi connectivity index (χ0n) is 9.16. The molecule has 1 atom stereocenters. The second kappa shape index (κ2) is 3.35. The molecule has 0 N–H and O–H groups in total. The number of epoxide rings is 1. The largest absolute Gasteiger partial charge is 0.465 e. The molecule has 15 heavy (non-hydrogen) atoms. The first kappa shape index (κ1) is 10.2. The van der Waals surface area contributed by atoms with Gasteiger partial charge in [0, 0.05) is 0 Å². The summed E-state index contributed by atoms with van der Waals surface area (Å²) in [6, 6.07) is 5.70. The van der Waals surface area contributed by atoms with Crippen LogP contribution >= 0.6 is 0 Å². The van der Waals surface area contributed by atoms with Crippen molar-refractivity contribution < 1.29 is 14.3 Å². The molecule has 1 aliphatic heterocycles. The highest BCUT2D eigenvalue weighted by Crippen LogP contribution is 2.38. The molecule has 3 heteroatoms. The highest BCUT2D eigenvalue weighted by atomic mass is 16.6. The van der Waals surface area contributed by atoms with E-state index in [9.17, 15) is 4.79 Å². The summed E-state index contributed by atoms with van der Waals surface area (Å²) in [6.07, 6.45) is 0. The zero-order valence-corrected chi connectivity index (χ0v) is 9.16. The highest BCUT2D eigenvalue weighted by molar-refractivity contribution is 5.91. The van der Waals surface area contributed by atoms with Gasteiger partial charge in [0.1, 0.15) is 5.60 Å². The summed E-state index contributed by atoms with van der Waals surface area (Å²) in [5, 5.41) is 0. The minimum absolute atomic E-state index is 0.139. The van der Waals surface area contributed by atoms with Crippen molar-refractivity contribution in [3.8, 4) is 0 Å².